The molecule has 0 spiro atoms. The lowest BCUT2D eigenvalue weighted by Gasteiger charge is -2.21. The first-order valence-corrected chi connectivity index (χ1v) is 43.5. The van der Waals surface area contributed by atoms with Crippen LogP contribution in [-0.2, 0) is 65.4 Å². The van der Waals surface area contributed by atoms with Crippen LogP contribution in [0.1, 0.15) is 408 Å². The van der Waals surface area contributed by atoms with Gasteiger partial charge in [0, 0.05) is 25.7 Å². The molecular weight excluding hydrogens is 1270 g/mol. The predicted octanol–water partition coefficient (Wildman–Crippen LogP) is 23.1. The smallest absolute Gasteiger partial charge is 0.462 e. The maximum atomic E-state index is 13.1. The zero-order chi connectivity index (χ0) is 71.4. The minimum Gasteiger partial charge on any atom is -0.462 e. The third kappa shape index (κ3) is 70.9. The second kappa shape index (κ2) is 69.8. The van der Waals surface area contributed by atoms with Crippen LogP contribution >= 0.6 is 15.6 Å². The van der Waals surface area contributed by atoms with Gasteiger partial charge in [0.15, 0.2) is 12.2 Å². The van der Waals surface area contributed by atoms with E-state index in [1.54, 1.807) is 0 Å². The number of aliphatic hydroxyl groups excluding tert-OH is 1. The van der Waals surface area contributed by atoms with Crippen LogP contribution in [0.25, 0.3) is 0 Å². The van der Waals surface area contributed by atoms with Gasteiger partial charge in [-0.05, 0) is 37.5 Å². The van der Waals surface area contributed by atoms with E-state index in [9.17, 15) is 43.2 Å². The van der Waals surface area contributed by atoms with Crippen LogP contribution in [0.5, 0.6) is 0 Å². The number of phosphoric ester groups is 2. The van der Waals surface area contributed by atoms with Crippen molar-refractivity contribution in [1.29, 1.82) is 0 Å². The summed E-state index contributed by atoms with van der Waals surface area (Å²) in [6, 6.07) is 0. The Balaban J connectivity index is 5.18. The summed E-state index contributed by atoms with van der Waals surface area (Å²) in [5.41, 5.74) is 0. The van der Waals surface area contributed by atoms with Gasteiger partial charge in [-0.3, -0.25) is 37.3 Å². The molecule has 3 N–H and O–H groups in total. The first-order chi connectivity index (χ1) is 46.9. The van der Waals surface area contributed by atoms with Gasteiger partial charge in [0.2, 0.25) is 0 Å². The molecule has 19 heteroatoms. The molecule has 0 bridgehead atoms. The number of hydrogen-bond donors (Lipinski definition) is 3. The number of carbonyl (C=O) groups is 4. The molecule has 0 saturated heterocycles. The van der Waals surface area contributed by atoms with E-state index in [-0.39, 0.29) is 25.7 Å². The number of ether oxygens (including phenoxy) is 4. The van der Waals surface area contributed by atoms with E-state index in [2.05, 4.69) is 41.5 Å². The van der Waals surface area contributed by atoms with Gasteiger partial charge in [-0.25, -0.2) is 9.13 Å². The zero-order valence-electron chi connectivity index (χ0n) is 63.4. The zero-order valence-corrected chi connectivity index (χ0v) is 65.2. The summed E-state index contributed by atoms with van der Waals surface area (Å²) in [6.07, 6.45) is 58.4. The van der Waals surface area contributed by atoms with Gasteiger partial charge in [-0.1, -0.05) is 356 Å². The van der Waals surface area contributed by atoms with Crippen molar-refractivity contribution in [3.05, 3.63) is 0 Å². The molecule has 3 unspecified atom stereocenters. The van der Waals surface area contributed by atoms with Gasteiger partial charge in [-0.15, -0.1) is 0 Å². The van der Waals surface area contributed by atoms with E-state index in [0.29, 0.717) is 25.7 Å². The Morgan fingerprint density at radius 1 is 0.299 bits per heavy atom. The third-order valence-corrected chi connectivity index (χ3v) is 20.5. The van der Waals surface area contributed by atoms with E-state index in [0.717, 1.165) is 102 Å². The fourth-order valence-corrected chi connectivity index (χ4v) is 13.6. The molecule has 0 fully saturated rings. The number of carbonyl (C=O) groups excluding carboxylic acids is 4. The van der Waals surface area contributed by atoms with E-state index in [1.807, 2.05) is 0 Å². The fourth-order valence-electron chi connectivity index (χ4n) is 12.0. The highest BCUT2D eigenvalue weighted by Crippen LogP contribution is 2.45. The first kappa shape index (κ1) is 95.1. The monoisotopic (exact) mass is 1420 g/mol. The standard InChI is InChI=1S/C78H152O17P2/c1-7-10-12-14-16-18-19-20-21-22-23-24-25-26-27-28-29-32-37-44-50-56-62-77(82)94-73(67-89-76(81)61-55-49-43-36-33-30-31-35-40-46-52-58-70(4)5)68-92-96(84,85)90-64-72(79)65-91-97(86,87)93-69-74(66-88-75(80)60-54-48-42-34-17-15-13-11-8-2)95-78(83)63-57-51-45-39-38-41-47-53-59-71(6)9-3/h70-74,79H,7-69H2,1-6H3,(H,84,85)(H,86,87)/t71?,72-,73-,74-/m1/s1. The van der Waals surface area contributed by atoms with E-state index in [1.165, 1.54) is 225 Å². The number of rotatable bonds is 77. The first-order valence-electron chi connectivity index (χ1n) is 40.5. The average molecular weight is 1420 g/mol. The summed E-state index contributed by atoms with van der Waals surface area (Å²) >= 11 is 0. The lowest BCUT2D eigenvalue weighted by Crippen LogP contribution is -2.30. The van der Waals surface area contributed by atoms with Crippen LogP contribution < -0.4 is 0 Å². The Labute approximate surface area is 594 Å². The topological polar surface area (TPSA) is 237 Å². The molecule has 0 aromatic rings. The third-order valence-electron chi connectivity index (χ3n) is 18.6. The molecule has 576 valence electrons. The Kier molecular flexibility index (Phi) is 68.4. The van der Waals surface area contributed by atoms with Crippen molar-refractivity contribution in [1.82, 2.24) is 0 Å². The Bertz CT molecular complexity index is 1870. The van der Waals surface area contributed by atoms with Gasteiger partial charge >= 0.3 is 39.5 Å². The summed E-state index contributed by atoms with van der Waals surface area (Å²) in [5, 5.41) is 10.6. The summed E-state index contributed by atoms with van der Waals surface area (Å²) in [5.74, 6) is -0.576. The number of esters is 4. The molecule has 0 aliphatic carbocycles. The lowest BCUT2D eigenvalue weighted by atomic mass is 9.99. The minimum absolute atomic E-state index is 0.105. The lowest BCUT2D eigenvalue weighted by molar-refractivity contribution is -0.161. The maximum absolute atomic E-state index is 13.1. The van der Waals surface area contributed by atoms with Crippen LogP contribution in [0.2, 0.25) is 0 Å². The predicted molar refractivity (Wildman–Crippen MR) is 395 cm³/mol. The van der Waals surface area contributed by atoms with Crippen LogP contribution in [0, 0.1) is 11.8 Å². The highest BCUT2D eigenvalue weighted by Gasteiger charge is 2.30. The molecule has 0 amide bonds. The van der Waals surface area contributed by atoms with E-state index < -0.39 is 97.5 Å². The fraction of sp³-hybridized carbons (Fsp3) is 0.949. The van der Waals surface area contributed by atoms with Gasteiger partial charge in [0.1, 0.15) is 19.3 Å². The molecule has 0 aliphatic rings. The molecule has 0 radical (unpaired) electrons. The quantitative estimate of drug-likeness (QED) is 0.0222. The largest absolute Gasteiger partial charge is 0.472 e. The number of aliphatic hydroxyl groups is 1. The molecule has 0 aromatic carbocycles. The normalized spacial score (nSPS) is 14.2. The van der Waals surface area contributed by atoms with E-state index >= 15 is 0 Å². The second-order valence-electron chi connectivity index (χ2n) is 28.8. The van der Waals surface area contributed by atoms with Crippen LogP contribution in [0.4, 0.5) is 0 Å². The van der Waals surface area contributed by atoms with Crippen molar-refractivity contribution in [3.8, 4) is 0 Å². The van der Waals surface area contributed by atoms with E-state index in [4.69, 9.17) is 37.0 Å². The van der Waals surface area contributed by atoms with Crippen molar-refractivity contribution >= 4 is 39.5 Å². The van der Waals surface area contributed by atoms with Crippen LogP contribution in [-0.4, -0.2) is 96.7 Å². The summed E-state index contributed by atoms with van der Waals surface area (Å²) in [4.78, 5) is 72.8. The SMILES string of the molecule is CCCCCCCCCCCCCCCCCCCCCCCCC(=O)O[C@H](COC(=O)CCCCCCCCCCCCCC(C)C)COP(=O)(O)OC[C@@H](O)COP(=O)(O)OC[C@@H](COC(=O)CCCCCCCCCCC)OC(=O)CCCCCCCCCCC(C)CC. The molecule has 6 atom stereocenters. The van der Waals surface area contributed by atoms with Crippen LogP contribution in [0.3, 0.4) is 0 Å². The van der Waals surface area contributed by atoms with Gasteiger partial charge in [0.25, 0.3) is 0 Å². The molecule has 0 heterocycles. The van der Waals surface area contributed by atoms with Crippen LogP contribution in [0.15, 0.2) is 0 Å². The molecule has 0 saturated carbocycles. The van der Waals surface area contributed by atoms with Crippen molar-refractivity contribution in [2.24, 2.45) is 11.8 Å². The van der Waals surface area contributed by atoms with Gasteiger partial charge in [-0.2, -0.15) is 0 Å². The van der Waals surface area contributed by atoms with Crippen molar-refractivity contribution in [2.45, 2.75) is 426 Å². The summed E-state index contributed by atoms with van der Waals surface area (Å²) < 4.78 is 68.5. The number of hydrogen-bond acceptors (Lipinski definition) is 15. The minimum atomic E-state index is -4.96. The molecule has 0 aliphatic heterocycles. The average Bonchev–Trinajstić information content (AvgIpc) is 1.31. The molecule has 0 aromatic heterocycles. The summed E-state index contributed by atoms with van der Waals surface area (Å²) in [6.45, 7) is 9.59. The Morgan fingerprint density at radius 3 is 0.784 bits per heavy atom. The summed E-state index contributed by atoms with van der Waals surface area (Å²) in [7, 11) is -9.91. The molecule has 17 nitrogen and oxygen atoms in total. The highest BCUT2D eigenvalue weighted by atomic mass is 31.2. The Hall–Kier alpha value is -1.94. The highest BCUT2D eigenvalue weighted by molar-refractivity contribution is 7.47. The van der Waals surface area contributed by atoms with Crippen molar-refractivity contribution < 1.29 is 80.2 Å². The Morgan fingerprint density at radius 2 is 0.526 bits per heavy atom. The molecule has 97 heavy (non-hydrogen) atoms. The number of unbranched alkanes of at least 4 members (excludes halogenated alkanes) is 46. The molecular formula is C78H152O17P2. The maximum Gasteiger partial charge on any atom is 0.472 e. The van der Waals surface area contributed by atoms with Crippen molar-refractivity contribution in [2.75, 3.05) is 39.6 Å². The van der Waals surface area contributed by atoms with Crippen molar-refractivity contribution in [3.63, 3.8) is 0 Å². The number of phosphoric acid groups is 2. The van der Waals surface area contributed by atoms with Gasteiger partial charge in [0.05, 0.1) is 26.4 Å². The molecule has 0 rings (SSSR count). The van der Waals surface area contributed by atoms with Gasteiger partial charge < -0.3 is 33.8 Å². The second-order valence-corrected chi connectivity index (χ2v) is 31.7.